The van der Waals surface area contributed by atoms with Crippen molar-refractivity contribution in [2.75, 3.05) is 26.3 Å². The van der Waals surface area contributed by atoms with Crippen LogP contribution < -0.4 is 10.0 Å². The Labute approximate surface area is 125 Å². The Morgan fingerprint density at radius 1 is 1.48 bits per heavy atom. The van der Waals surface area contributed by atoms with Gasteiger partial charge in [-0.25, -0.2) is 13.1 Å². The third kappa shape index (κ3) is 4.77. The summed E-state index contributed by atoms with van der Waals surface area (Å²) in [7, 11) is -3.53. The van der Waals surface area contributed by atoms with Crippen molar-refractivity contribution in [3.63, 3.8) is 0 Å². The molecule has 1 aromatic heterocycles. The van der Waals surface area contributed by atoms with Crippen LogP contribution in [0.2, 0.25) is 0 Å². The first-order valence-electron chi connectivity index (χ1n) is 7.44. The van der Waals surface area contributed by atoms with E-state index in [1.54, 1.807) is 6.20 Å². The molecule has 1 fully saturated rings. The van der Waals surface area contributed by atoms with Crippen LogP contribution in [0.3, 0.4) is 0 Å². The number of rotatable bonds is 9. The average Bonchev–Trinajstić information content (AvgIpc) is 3.10. The highest BCUT2D eigenvalue weighted by atomic mass is 32.2. The van der Waals surface area contributed by atoms with Gasteiger partial charge in [-0.3, -0.25) is 5.10 Å². The Hall–Kier alpha value is -0.960. The van der Waals surface area contributed by atoms with Gasteiger partial charge in [0.2, 0.25) is 0 Å². The molecule has 0 amide bonds. The number of H-pyrrole nitrogens is 1. The van der Waals surface area contributed by atoms with E-state index in [4.69, 9.17) is 4.74 Å². The van der Waals surface area contributed by atoms with E-state index in [0.717, 1.165) is 39.0 Å². The van der Waals surface area contributed by atoms with Crippen LogP contribution in [0.15, 0.2) is 11.2 Å². The summed E-state index contributed by atoms with van der Waals surface area (Å²) >= 11 is 0. The SMILES string of the molecule is CCCNCc1cn[nH]c1S(=O)(=O)NCCC1CCOC1. The van der Waals surface area contributed by atoms with Gasteiger partial charge in [-0.2, -0.15) is 5.10 Å². The van der Waals surface area contributed by atoms with Crippen molar-refractivity contribution in [1.82, 2.24) is 20.2 Å². The molecule has 1 aliphatic heterocycles. The van der Waals surface area contributed by atoms with Gasteiger partial charge in [-0.05, 0) is 31.7 Å². The largest absolute Gasteiger partial charge is 0.381 e. The van der Waals surface area contributed by atoms with E-state index < -0.39 is 10.0 Å². The molecule has 0 spiro atoms. The topological polar surface area (TPSA) is 96.1 Å². The Morgan fingerprint density at radius 2 is 2.33 bits per heavy atom. The molecule has 0 saturated carbocycles. The lowest BCUT2D eigenvalue weighted by Crippen LogP contribution is -2.28. The average molecular weight is 316 g/mol. The normalized spacial score (nSPS) is 19.2. The zero-order chi connectivity index (χ0) is 15.1. The van der Waals surface area contributed by atoms with E-state index in [9.17, 15) is 8.42 Å². The van der Waals surface area contributed by atoms with Crippen LogP contribution in [0.4, 0.5) is 0 Å². The molecule has 2 rings (SSSR count). The van der Waals surface area contributed by atoms with Crippen LogP contribution in [-0.2, 0) is 21.3 Å². The quantitative estimate of drug-likeness (QED) is 0.580. The molecule has 2 heterocycles. The van der Waals surface area contributed by atoms with E-state index >= 15 is 0 Å². The second kappa shape index (κ2) is 7.88. The van der Waals surface area contributed by atoms with Gasteiger partial charge >= 0.3 is 0 Å². The van der Waals surface area contributed by atoms with Gasteiger partial charge in [0.25, 0.3) is 10.0 Å². The second-order valence-electron chi connectivity index (χ2n) is 5.32. The van der Waals surface area contributed by atoms with Crippen LogP contribution in [0, 0.1) is 5.92 Å². The standard InChI is InChI=1S/C13H24N4O3S/c1-2-5-14-8-12-9-15-17-13(12)21(18,19)16-6-3-11-4-7-20-10-11/h9,11,14,16H,2-8,10H2,1H3,(H,15,17). The van der Waals surface area contributed by atoms with Gasteiger partial charge in [0.1, 0.15) is 0 Å². The van der Waals surface area contributed by atoms with Crippen molar-refractivity contribution in [2.24, 2.45) is 5.92 Å². The number of hydrogen-bond acceptors (Lipinski definition) is 5. The first-order valence-corrected chi connectivity index (χ1v) is 8.92. The number of aromatic amines is 1. The molecular weight excluding hydrogens is 292 g/mol. The highest BCUT2D eigenvalue weighted by Crippen LogP contribution is 2.16. The molecule has 1 unspecified atom stereocenters. The number of nitrogens with one attached hydrogen (secondary N) is 3. The molecular formula is C13H24N4O3S. The van der Waals surface area contributed by atoms with E-state index in [1.807, 2.05) is 0 Å². The summed E-state index contributed by atoms with van der Waals surface area (Å²) in [6.07, 6.45) is 4.37. The van der Waals surface area contributed by atoms with E-state index in [0.29, 0.717) is 24.6 Å². The maximum atomic E-state index is 12.3. The fourth-order valence-corrected chi connectivity index (χ4v) is 3.51. The Balaban J connectivity index is 1.87. The Bertz CT molecular complexity index is 523. The summed E-state index contributed by atoms with van der Waals surface area (Å²) < 4.78 is 32.5. The number of aromatic nitrogens is 2. The fraction of sp³-hybridized carbons (Fsp3) is 0.769. The number of sulfonamides is 1. The molecule has 21 heavy (non-hydrogen) atoms. The van der Waals surface area contributed by atoms with Crippen LogP contribution in [0.25, 0.3) is 0 Å². The van der Waals surface area contributed by atoms with E-state index in [-0.39, 0.29) is 5.03 Å². The molecule has 1 aromatic rings. The van der Waals surface area contributed by atoms with E-state index in [1.165, 1.54) is 0 Å². The minimum atomic E-state index is -3.53. The Kier molecular flexibility index (Phi) is 6.16. The van der Waals surface area contributed by atoms with Gasteiger partial charge in [-0.15, -0.1) is 0 Å². The van der Waals surface area contributed by atoms with Crippen molar-refractivity contribution in [3.05, 3.63) is 11.8 Å². The first kappa shape index (κ1) is 16.4. The summed E-state index contributed by atoms with van der Waals surface area (Å²) in [4.78, 5) is 0. The molecule has 1 saturated heterocycles. The molecule has 7 nitrogen and oxygen atoms in total. The molecule has 0 aliphatic carbocycles. The van der Waals surface area contributed by atoms with Crippen molar-refractivity contribution in [1.29, 1.82) is 0 Å². The molecule has 1 atom stereocenters. The highest BCUT2D eigenvalue weighted by molar-refractivity contribution is 7.89. The van der Waals surface area contributed by atoms with Gasteiger partial charge in [0.15, 0.2) is 5.03 Å². The van der Waals surface area contributed by atoms with E-state index in [2.05, 4.69) is 27.2 Å². The molecule has 120 valence electrons. The summed E-state index contributed by atoms with van der Waals surface area (Å²) in [5.41, 5.74) is 0.667. The zero-order valence-electron chi connectivity index (χ0n) is 12.4. The summed E-state index contributed by atoms with van der Waals surface area (Å²) in [6.45, 7) is 5.35. The maximum absolute atomic E-state index is 12.3. The second-order valence-corrected chi connectivity index (χ2v) is 7.02. The molecule has 0 aromatic carbocycles. The Morgan fingerprint density at radius 3 is 3.05 bits per heavy atom. The van der Waals surface area contributed by atoms with Crippen LogP contribution in [-0.4, -0.2) is 44.9 Å². The van der Waals surface area contributed by atoms with Crippen molar-refractivity contribution >= 4 is 10.0 Å². The minimum absolute atomic E-state index is 0.161. The number of ether oxygens (including phenoxy) is 1. The third-order valence-corrected chi connectivity index (χ3v) is 5.03. The molecule has 0 radical (unpaired) electrons. The lowest BCUT2D eigenvalue weighted by molar-refractivity contribution is 0.184. The van der Waals surface area contributed by atoms with Crippen LogP contribution in [0.1, 0.15) is 31.7 Å². The van der Waals surface area contributed by atoms with Crippen LogP contribution in [0.5, 0.6) is 0 Å². The minimum Gasteiger partial charge on any atom is -0.381 e. The van der Waals surface area contributed by atoms with Crippen molar-refractivity contribution in [2.45, 2.75) is 37.8 Å². The molecule has 8 heteroatoms. The van der Waals surface area contributed by atoms with Gasteiger partial charge < -0.3 is 10.1 Å². The maximum Gasteiger partial charge on any atom is 0.257 e. The molecule has 3 N–H and O–H groups in total. The van der Waals surface area contributed by atoms with Crippen molar-refractivity contribution < 1.29 is 13.2 Å². The molecule has 1 aliphatic rings. The number of hydrogen-bond donors (Lipinski definition) is 3. The lowest BCUT2D eigenvalue weighted by Gasteiger charge is -2.10. The summed E-state index contributed by atoms with van der Waals surface area (Å²) in [5.74, 6) is 0.458. The van der Waals surface area contributed by atoms with Gasteiger partial charge in [0, 0.05) is 31.9 Å². The predicted octanol–water partition coefficient (Wildman–Crippen LogP) is 0.614. The zero-order valence-corrected chi connectivity index (χ0v) is 13.2. The third-order valence-electron chi connectivity index (χ3n) is 3.56. The fourth-order valence-electron chi connectivity index (χ4n) is 2.34. The predicted molar refractivity (Wildman–Crippen MR) is 79.3 cm³/mol. The lowest BCUT2D eigenvalue weighted by atomic mass is 10.1. The van der Waals surface area contributed by atoms with Gasteiger partial charge in [-0.1, -0.05) is 6.92 Å². The smallest absolute Gasteiger partial charge is 0.257 e. The monoisotopic (exact) mass is 316 g/mol. The van der Waals surface area contributed by atoms with Gasteiger partial charge in [0.05, 0.1) is 6.20 Å². The summed E-state index contributed by atoms with van der Waals surface area (Å²) in [6, 6.07) is 0. The van der Waals surface area contributed by atoms with Crippen molar-refractivity contribution in [3.8, 4) is 0 Å². The first-order chi connectivity index (χ1) is 10.1. The van der Waals surface area contributed by atoms with Crippen LogP contribution >= 0.6 is 0 Å². The number of nitrogens with zero attached hydrogens (tertiary/aromatic N) is 1. The summed E-state index contributed by atoms with van der Waals surface area (Å²) in [5, 5.41) is 9.78. The molecule has 0 bridgehead atoms. The highest BCUT2D eigenvalue weighted by Gasteiger charge is 2.21.